The van der Waals surface area contributed by atoms with Gasteiger partial charge < -0.3 is 9.47 Å². The lowest BCUT2D eigenvalue weighted by atomic mass is 10.1. The molecule has 38 heavy (non-hydrogen) atoms. The molecule has 188 valence electrons. The fraction of sp³-hybridized carbons (Fsp3) is 0.0588. The molecule has 0 aliphatic rings. The molecular weight excluding hydrogens is 468 g/mol. The molecule has 0 radical (unpaired) electrons. The molecule has 4 rings (SSSR count). The van der Waals surface area contributed by atoms with Gasteiger partial charge in [0.1, 0.15) is 13.2 Å². The molecule has 4 heteroatoms. The summed E-state index contributed by atoms with van der Waals surface area (Å²) in [7, 11) is 0. The minimum Gasteiger partial charge on any atom is -0.472 e. The highest BCUT2D eigenvalue weighted by atomic mass is 16.5. The molecule has 0 heterocycles. The van der Waals surface area contributed by atoms with Gasteiger partial charge in [0.15, 0.2) is 0 Å². The van der Waals surface area contributed by atoms with Gasteiger partial charge in [0.25, 0.3) is 0 Å². The summed E-state index contributed by atoms with van der Waals surface area (Å²) in [4.78, 5) is 9.54. The number of benzene rings is 4. The highest BCUT2D eigenvalue weighted by Gasteiger charge is 2.11. The van der Waals surface area contributed by atoms with Crippen molar-refractivity contribution in [2.45, 2.75) is 6.61 Å². The fourth-order valence-electron chi connectivity index (χ4n) is 3.56. The highest BCUT2D eigenvalue weighted by Crippen LogP contribution is 2.19. The molecular formula is C34H30N2O2. The lowest BCUT2D eigenvalue weighted by Crippen LogP contribution is -2.11. The molecule has 0 fully saturated rings. The van der Waals surface area contributed by atoms with Crippen LogP contribution in [0.4, 0.5) is 11.4 Å². The van der Waals surface area contributed by atoms with Gasteiger partial charge >= 0.3 is 0 Å². The number of para-hydroxylation sites is 2. The van der Waals surface area contributed by atoms with E-state index in [9.17, 15) is 0 Å². The molecule has 0 spiro atoms. The summed E-state index contributed by atoms with van der Waals surface area (Å²) in [5.41, 5.74) is 5.29. The molecule has 4 aromatic rings. The zero-order chi connectivity index (χ0) is 26.4. The molecule has 0 unspecified atom stereocenters. The average Bonchev–Trinajstić information content (AvgIpc) is 2.98. The third-order valence-electron chi connectivity index (χ3n) is 5.54. The predicted octanol–water partition coefficient (Wildman–Crippen LogP) is 8.38. The largest absolute Gasteiger partial charge is 0.472 e. The van der Waals surface area contributed by atoms with Crippen LogP contribution in [0.25, 0.3) is 0 Å². The molecule has 0 atom stereocenters. The second-order valence-corrected chi connectivity index (χ2v) is 8.33. The van der Waals surface area contributed by atoms with E-state index >= 15 is 0 Å². The van der Waals surface area contributed by atoms with E-state index in [-0.39, 0.29) is 0 Å². The Bertz CT molecular complexity index is 1410. The van der Waals surface area contributed by atoms with Crippen LogP contribution in [-0.4, -0.2) is 18.4 Å². The number of ether oxygens (including phenoxy) is 2. The van der Waals surface area contributed by atoms with Crippen molar-refractivity contribution in [3.05, 3.63) is 169 Å². The van der Waals surface area contributed by atoms with Crippen LogP contribution < -0.4 is 0 Å². The van der Waals surface area contributed by atoms with E-state index < -0.39 is 0 Å². The van der Waals surface area contributed by atoms with Crippen LogP contribution in [0.5, 0.6) is 0 Å². The molecule has 0 aromatic heterocycles. The Balaban J connectivity index is 1.63. The Kier molecular flexibility index (Phi) is 9.59. The Morgan fingerprint density at radius 1 is 0.605 bits per heavy atom. The summed E-state index contributed by atoms with van der Waals surface area (Å²) in [6, 6.07) is 37.4. The van der Waals surface area contributed by atoms with E-state index in [1.807, 2.05) is 121 Å². The van der Waals surface area contributed by atoms with E-state index in [2.05, 4.69) is 13.2 Å². The van der Waals surface area contributed by atoms with Crippen molar-refractivity contribution < 1.29 is 9.47 Å². The number of aliphatic imine (C=N–C) groups is 2. The lowest BCUT2D eigenvalue weighted by Gasteiger charge is -2.13. The summed E-state index contributed by atoms with van der Waals surface area (Å²) >= 11 is 0. The van der Waals surface area contributed by atoms with Crippen molar-refractivity contribution >= 4 is 23.2 Å². The molecule has 0 N–H and O–H groups in total. The zero-order valence-electron chi connectivity index (χ0n) is 21.2. The van der Waals surface area contributed by atoms with E-state index in [1.54, 1.807) is 12.2 Å². The van der Waals surface area contributed by atoms with Gasteiger partial charge in [-0.25, -0.2) is 9.98 Å². The van der Waals surface area contributed by atoms with Crippen LogP contribution in [-0.2, 0) is 16.1 Å². The van der Waals surface area contributed by atoms with E-state index in [1.165, 1.54) is 0 Å². The molecule has 4 nitrogen and oxygen atoms in total. The fourth-order valence-corrected chi connectivity index (χ4v) is 3.56. The van der Waals surface area contributed by atoms with Crippen molar-refractivity contribution in [1.82, 2.24) is 0 Å². The lowest BCUT2D eigenvalue weighted by molar-refractivity contribution is 0.294. The second kappa shape index (κ2) is 14.0. The number of allylic oxidation sites excluding steroid dienone is 2. The highest BCUT2D eigenvalue weighted by molar-refractivity contribution is 5.99. The Morgan fingerprint density at radius 2 is 1.08 bits per heavy atom. The first-order valence-electron chi connectivity index (χ1n) is 12.4. The summed E-state index contributed by atoms with van der Waals surface area (Å²) in [6.45, 7) is 8.35. The number of hydrogen-bond donors (Lipinski definition) is 0. The van der Waals surface area contributed by atoms with Gasteiger partial charge in [-0.3, -0.25) is 0 Å². The van der Waals surface area contributed by atoms with E-state index in [4.69, 9.17) is 19.5 Å². The van der Waals surface area contributed by atoms with Crippen molar-refractivity contribution in [3.8, 4) is 0 Å². The second-order valence-electron chi connectivity index (χ2n) is 8.33. The molecule has 0 saturated heterocycles. The normalized spacial score (nSPS) is 12.1. The predicted molar refractivity (Wildman–Crippen MR) is 157 cm³/mol. The first kappa shape index (κ1) is 26.1. The van der Waals surface area contributed by atoms with Crippen LogP contribution in [0.15, 0.2) is 162 Å². The average molecular weight is 499 g/mol. The van der Waals surface area contributed by atoms with Crippen LogP contribution >= 0.6 is 0 Å². The summed E-state index contributed by atoms with van der Waals surface area (Å²) in [5, 5.41) is 0. The van der Waals surface area contributed by atoms with Crippen LogP contribution in [0.3, 0.4) is 0 Å². The first-order chi connectivity index (χ1) is 18.7. The zero-order valence-corrected chi connectivity index (χ0v) is 21.2. The molecule has 0 aliphatic carbocycles. The number of nitrogens with zero attached hydrogens (tertiary/aromatic N) is 2. The van der Waals surface area contributed by atoms with E-state index in [0.29, 0.717) is 25.0 Å². The molecule has 0 amide bonds. The summed E-state index contributed by atoms with van der Waals surface area (Å²) in [6.07, 6.45) is 5.33. The maximum absolute atomic E-state index is 6.20. The smallest absolute Gasteiger partial charge is 0.221 e. The minimum absolute atomic E-state index is 0.323. The van der Waals surface area contributed by atoms with Gasteiger partial charge in [0, 0.05) is 11.1 Å². The van der Waals surface area contributed by atoms with Crippen LogP contribution in [0.2, 0.25) is 0 Å². The summed E-state index contributed by atoms with van der Waals surface area (Å²) in [5.74, 6) is 1.04. The first-order valence-corrected chi connectivity index (χ1v) is 12.4. The standard InChI is InChI=1S/C34H30N2O2/c1-3-14-27(4-2)25-37-33(35-31-17-10-6-11-18-31)29-21-23-30(24-22-29)34(36-32-19-12-7-13-20-32)38-26-28-15-8-5-9-16-28/h3-24H,1-2,25-26H2/b27-14+,35-33?,36-34?. The Labute approximate surface area is 224 Å². The van der Waals surface area contributed by atoms with Crippen molar-refractivity contribution in [3.63, 3.8) is 0 Å². The van der Waals surface area contributed by atoms with Gasteiger partial charge in [-0.1, -0.05) is 98.1 Å². The van der Waals surface area contributed by atoms with Gasteiger partial charge in [0.2, 0.25) is 11.8 Å². The van der Waals surface area contributed by atoms with Gasteiger partial charge in [-0.05, 0) is 59.7 Å². The maximum Gasteiger partial charge on any atom is 0.221 e. The van der Waals surface area contributed by atoms with Crippen molar-refractivity contribution in [2.75, 3.05) is 6.61 Å². The number of rotatable bonds is 10. The van der Waals surface area contributed by atoms with Crippen molar-refractivity contribution in [1.29, 1.82) is 0 Å². The Hall–Kier alpha value is -4.96. The van der Waals surface area contributed by atoms with Gasteiger partial charge in [-0.15, -0.1) is 0 Å². The quantitative estimate of drug-likeness (QED) is 0.125. The van der Waals surface area contributed by atoms with Gasteiger partial charge in [-0.2, -0.15) is 0 Å². The number of hydrogen-bond acceptors (Lipinski definition) is 4. The molecule has 4 aromatic carbocycles. The molecule has 0 bridgehead atoms. The van der Waals surface area contributed by atoms with Crippen LogP contribution in [0.1, 0.15) is 16.7 Å². The molecule has 0 saturated carbocycles. The minimum atomic E-state index is 0.323. The Morgan fingerprint density at radius 3 is 1.55 bits per heavy atom. The van der Waals surface area contributed by atoms with E-state index in [0.717, 1.165) is 33.6 Å². The molecule has 0 aliphatic heterocycles. The SMILES string of the molecule is C=C/C=C(\C=C)COC(=Nc1ccccc1)c1ccc(C(=Nc2ccccc2)OCc2ccccc2)cc1. The monoisotopic (exact) mass is 498 g/mol. The van der Waals surface area contributed by atoms with Gasteiger partial charge in [0.05, 0.1) is 11.4 Å². The topological polar surface area (TPSA) is 43.2 Å². The maximum atomic E-state index is 6.20. The summed E-state index contributed by atoms with van der Waals surface area (Å²) < 4.78 is 12.3. The van der Waals surface area contributed by atoms with Crippen LogP contribution in [0, 0.1) is 0 Å². The third kappa shape index (κ3) is 7.77. The third-order valence-corrected chi connectivity index (χ3v) is 5.54. The van der Waals surface area contributed by atoms with Crippen molar-refractivity contribution in [2.24, 2.45) is 9.98 Å².